The monoisotopic (exact) mass is 244 g/mol. The largest absolute Gasteiger partial charge is 0.392 e. The summed E-state index contributed by atoms with van der Waals surface area (Å²) < 4.78 is 0. The predicted octanol–water partition coefficient (Wildman–Crippen LogP) is 1.68. The van der Waals surface area contributed by atoms with Crippen molar-refractivity contribution in [2.24, 2.45) is 0 Å². The number of rotatable bonds is 4. The van der Waals surface area contributed by atoms with Crippen LogP contribution in [0, 0.1) is 6.92 Å². The van der Waals surface area contributed by atoms with E-state index in [1.54, 1.807) is 12.4 Å². The van der Waals surface area contributed by atoms with E-state index >= 15 is 0 Å². The lowest BCUT2D eigenvalue weighted by molar-refractivity contribution is 0.331. The molecule has 2 N–H and O–H groups in total. The summed E-state index contributed by atoms with van der Waals surface area (Å²) in [5.74, 6) is 1.50. The second-order valence-electron chi connectivity index (χ2n) is 4.10. The smallest absolute Gasteiger partial charge is 0.137 e. The number of aryl methyl sites for hydroxylation is 1. The van der Waals surface area contributed by atoms with Gasteiger partial charge in [0.2, 0.25) is 0 Å². The molecule has 0 atom stereocenters. The lowest BCUT2D eigenvalue weighted by Gasteiger charge is -2.07. The minimum Gasteiger partial charge on any atom is -0.392 e. The molecule has 0 aromatic carbocycles. The van der Waals surface area contributed by atoms with Crippen LogP contribution in [0.4, 0.5) is 5.82 Å². The highest BCUT2D eigenvalue weighted by Crippen LogP contribution is 2.18. The molecule has 0 unspecified atom stereocenters. The molecule has 5 heteroatoms. The van der Waals surface area contributed by atoms with Gasteiger partial charge in [0.15, 0.2) is 0 Å². The fourth-order valence-corrected chi connectivity index (χ4v) is 1.62. The Labute approximate surface area is 106 Å². The third-order valence-electron chi connectivity index (χ3n) is 2.58. The lowest BCUT2D eigenvalue weighted by Crippen LogP contribution is -2.05. The predicted molar refractivity (Wildman–Crippen MR) is 71.4 cm³/mol. The van der Waals surface area contributed by atoms with Crippen molar-refractivity contribution in [2.45, 2.75) is 13.8 Å². The first kappa shape index (κ1) is 12.4. The van der Waals surface area contributed by atoms with Crippen LogP contribution < -0.4 is 5.32 Å². The summed E-state index contributed by atoms with van der Waals surface area (Å²) in [6, 6.07) is 1.89. The Hall–Kier alpha value is -2.01. The number of nitrogens with zero attached hydrogens (tertiary/aromatic N) is 3. The number of fused-ring (bicyclic) bond motifs is 1. The van der Waals surface area contributed by atoms with E-state index in [2.05, 4.69) is 20.3 Å². The van der Waals surface area contributed by atoms with Gasteiger partial charge in [0.05, 0.1) is 18.3 Å². The third kappa shape index (κ3) is 2.81. The van der Waals surface area contributed by atoms with Crippen LogP contribution in [0.1, 0.15) is 12.7 Å². The Bertz CT molecular complexity index is 580. The number of pyridine rings is 1. The van der Waals surface area contributed by atoms with Crippen molar-refractivity contribution in [2.75, 3.05) is 18.5 Å². The van der Waals surface area contributed by atoms with Crippen LogP contribution in [0.25, 0.3) is 10.9 Å². The summed E-state index contributed by atoms with van der Waals surface area (Å²) in [5.41, 5.74) is 1.76. The molecule has 2 aromatic rings. The van der Waals surface area contributed by atoms with E-state index in [4.69, 9.17) is 5.11 Å². The van der Waals surface area contributed by atoms with Crippen LogP contribution in [0.3, 0.4) is 0 Å². The maximum Gasteiger partial charge on any atom is 0.137 e. The highest BCUT2D eigenvalue weighted by Gasteiger charge is 2.04. The molecule has 0 fully saturated rings. The molecule has 0 radical (unpaired) electrons. The minimum absolute atomic E-state index is 0.0785. The van der Waals surface area contributed by atoms with E-state index in [0.717, 1.165) is 22.3 Å². The fraction of sp³-hybridized carbons (Fsp3) is 0.308. The van der Waals surface area contributed by atoms with Crippen LogP contribution in [0.2, 0.25) is 0 Å². The van der Waals surface area contributed by atoms with Gasteiger partial charge in [0.1, 0.15) is 11.6 Å². The van der Waals surface area contributed by atoms with Crippen molar-refractivity contribution in [3.05, 3.63) is 35.9 Å². The zero-order chi connectivity index (χ0) is 13.0. The maximum atomic E-state index is 8.92. The first-order chi connectivity index (χ1) is 8.70. The van der Waals surface area contributed by atoms with E-state index < -0.39 is 0 Å². The molecule has 94 valence electrons. The van der Waals surface area contributed by atoms with Crippen molar-refractivity contribution in [1.82, 2.24) is 15.0 Å². The molecule has 2 heterocycles. The number of aliphatic hydroxyl groups excluding tert-OH is 1. The van der Waals surface area contributed by atoms with Gasteiger partial charge in [-0.2, -0.15) is 0 Å². The Balaban J connectivity index is 2.27. The lowest BCUT2D eigenvalue weighted by atomic mass is 10.2. The van der Waals surface area contributed by atoms with E-state index in [-0.39, 0.29) is 6.61 Å². The van der Waals surface area contributed by atoms with E-state index in [1.807, 2.05) is 26.0 Å². The van der Waals surface area contributed by atoms with Crippen molar-refractivity contribution in [3.8, 4) is 0 Å². The molecule has 0 aliphatic rings. The van der Waals surface area contributed by atoms with E-state index in [1.165, 1.54) is 0 Å². The fourth-order valence-electron chi connectivity index (χ4n) is 1.62. The Kier molecular flexibility index (Phi) is 3.84. The highest BCUT2D eigenvalue weighted by atomic mass is 16.3. The molecule has 0 saturated carbocycles. The summed E-state index contributed by atoms with van der Waals surface area (Å²) in [4.78, 5) is 12.8. The molecule has 0 aliphatic heterocycles. The number of aromatic nitrogens is 3. The van der Waals surface area contributed by atoms with Gasteiger partial charge in [-0.25, -0.2) is 9.97 Å². The van der Waals surface area contributed by atoms with Gasteiger partial charge >= 0.3 is 0 Å². The second-order valence-corrected chi connectivity index (χ2v) is 4.10. The average Bonchev–Trinajstić information content (AvgIpc) is 2.38. The molecule has 0 amide bonds. The molecule has 0 bridgehead atoms. The van der Waals surface area contributed by atoms with Gasteiger partial charge < -0.3 is 10.4 Å². The summed E-state index contributed by atoms with van der Waals surface area (Å²) in [6.07, 6.45) is 5.38. The van der Waals surface area contributed by atoms with Gasteiger partial charge in [0, 0.05) is 18.1 Å². The molecule has 5 nitrogen and oxygen atoms in total. The van der Waals surface area contributed by atoms with Gasteiger partial charge in [0.25, 0.3) is 0 Å². The molecular formula is C13H16N4O. The van der Waals surface area contributed by atoms with Gasteiger partial charge in [-0.05, 0) is 19.9 Å². The Morgan fingerprint density at radius 1 is 1.44 bits per heavy atom. The molecule has 18 heavy (non-hydrogen) atoms. The van der Waals surface area contributed by atoms with Crippen LogP contribution in [0.5, 0.6) is 0 Å². The molecule has 2 aromatic heterocycles. The number of aliphatic hydroxyl groups is 1. The minimum atomic E-state index is 0.0785. The van der Waals surface area contributed by atoms with E-state index in [9.17, 15) is 0 Å². The Morgan fingerprint density at radius 3 is 3.06 bits per heavy atom. The van der Waals surface area contributed by atoms with Gasteiger partial charge in [-0.15, -0.1) is 0 Å². The molecule has 2 rings (SSSR count). The summed E-state index contributed by atoms with van der Waals surface area (Å²) in [7, 11) is 0. The van der Waals surface area contributed by atoms with Crippen molar-refractivity contribution in [3.63, 3.8) is 0 Å². The quantitative estimate of drug-likeness (QED) is 0.801. The van der Waals surface area contributed by atoms with Crippen LogP contribution in [0.15, 0.2) is 30.1 Å². The second kappa shape index (κ2) is 5.55. The van der Waals surface area contributed by atoms with Crippen molar-refractivity contribution < 1.29 is 5.11 Å². The number of hydrogen-bond donors (Lipinski definition) is 2. The Morgan fingerprint density at radius 2 is 2.28 bits per heavy atom. The molecule has 0 saturated heterocycles. The van der Waals surface area contributed by atoms with Crippen molar-refractivity contribution >= 4 is 16.7 Å². The van der Waals surface area contributed by atoms with Crippen molar-refractivity contribution in [1.29, 1.82) is 0 Å². The summed E-state index contributed by atoms with van der Waals surface area (Å²) >= 11 is 0. The summed E-state index contributed by atoms with van der Waals surface area (Å²) in [6.45, 7) is 4.44. The zero-order valence-corrected chi connectivity index (χ0v) is 10.5. The summed E-state index contributed by atoms with van der Waals surface area (Å²) in [5, 5.41) is 13.1. The molecule has 0 spiro atoms. The third-order valence-corrected chi connectivity index (χ3v) is 2.58. The van der Waals surface area contributed by atoms with Gasteiger partial charge in [-0.1, -0.05) is 11.6 Å². The average molecular weight is 244 g/mol. The normalized spacial score (nSPS) is 11.8. The van der Waals surface area contributed by atoms with Crippen LogP contribution in [-0.2, 0) is 0 Å². The number of nitrogens with one attached hydrogen (secondary N) is 1. The maximum absolute atomic E-state index is 8.92. The van der Waals surface area contributed by atoms with E-state index in [0.29, 0.717) is 12.4 Å². The molecular weight excluding hydrogens is 228 g/mol. The van der Waals surface area contributed by atoms with Crippen LogP contribution in [-0.4, -0.2) is 33.2 Å². The standard InChI is InChI=1S/C13H16N4O/c1-9(8-18)3-6-15-13-11-4-5-14-7-12(11)16-10(2)17-13/h3-5,7,18H,6,8H2,1-2H3,(H,15,16,17)/b9-3+. The van der Waals surface area contributed by atoms with Gasteiger partial charge in [-0.3, -0.25) is 4.98 Å². The number of hydrogen-bond acceptors (Lipinski definition) is 5. The number of anilines is 1. The first-order valence-electron chi connectivity index (χ1n) is 5.79. The topological polar surface area (TPSA) is 70.9 Å². The van der Waals surface area contributed by atoms with Crippen LogP contribution >= 0.6 is 0 Å². The molecule has 0 aliphatic carbocycles. The first-order valence-corrected chi connectivity index (χ1v) is 5.79. The SMILES string of the molecule is C/C(=C\CNc1nc(C)nc2cnccc12)CO. The zero-order valence-electron chi connectivity index (χ0n) is 10.5. The highest BCUT2D eigenvalue weighted by molar-refractivity contribution is 5.88.